The summed E-state index contributed by atoms with van der Waals surface area (Å²) in [4.78, 5) is 14.3. The number of hydrogen-bond donors (Lipinski definition) is 2. The van der Waals surface area contributed by atoms with E-state index in [9.17, 15) is 4.79 Å². The van der Waals surface area contributed by atoms with Gasteiger partial charge in [-0.2, -0.15) is 0 Å². The van der Waals surface area contributed by atoms with Crippen molar-refractivity contribution in [2.45, 2.75) is 19.4 Å². The zero-order valence-electron chi connectivity index (χ0n) is 12.8. The number of methoxy groups -OCH3 is 1. The standard InChI is InChI=1S/C15H23N3O2.ClH/c1-11-4-5-14(20-3)13(8-11)17-15(19)10-18-7-6-12(9-18)16-2;/h4-5,8,12,16H,6-7,9-10H2,1-3H3,(H,17,19);1H. The van der Waals surface area contributed by atoms with Crippen molar-refractivity contribution >= 4 is 24.0 Å². The van der Waals surface area contributed by atoms with Crippen molar-refractivity contribution in [3.8, 4) is 5.75 Å². The molecule has 0 saturated carbocycles. The molecular weight excluding hydrogens is 290 g/mol. The maximum Gasteiger partial charge on any atom is 0.238 e. The molecule has 1 aliphatic rings. The molecule has 0 aliphatic carbocycles. The van der Waals surface area contributed by atoms with Crippen LogP contribution in [0.4, 0.5) is 5.69 Å². The molecule has 1 amide bonds. The fourth-order valence-corrected chi connectivity index (χ4v) is 2.52. The molecule has 1 aromatic carbocycles. The normalized spacial score (nSPS) is 18.1. The molecule has 1 atom stereocenters. The van der Waals surface area contributed by atoms with Crippen LogP contribution < -0.4 is 15.4 Å². The summed E-state index contributed by atoms with van der Waals surface area (Å²) in [5.41, 5.74) is 1.83. The van der Waals surface area contributed by atoms with Gasteiger partial charge in [0.15, 0.2) is 0 Å². The van der Waals surface area contributed by atoms with Crippen molar-refractivity contribution < 1.29 is 9.53 Å². The molecule has 118 valence electrons. The van der Waals surface area contributed by atoms with Crippen molar-refractivity contribution in [3.63, 3.8) is 0 Å². The number of nitrogens with one attached hydrogen (secondary N) is 2. The van der Waals surface area contributed by atoms with Gasteiger partial charge in [0.1, 0.15) is 5.75 Å². The summed E-state index contributed by atoms with van der Waals surface area (Å²) in [7, 11) is 3.57. The summed E-state index contributed by atoms with van der Waals surface area (Å²) in [5.74, 6) is 0.698. The summed E-state index contributed by atoms with van der Waals surface area (Å²) in [6.45, 7) is 4.31. The maximum atomic E-state index is 12.1. The molecule has 1 aliphatic heterocycles. The van der Waals surface area contributed by atoms with Gasteiger partial charge in [0.2, 0.25) is 5.91 Å². The van der Waals surface area contributed by atoms with E-state index >= 15 is 0 Å². The highest BCUT2D eigenvalue weighted by Gasteiger charge is 2.22. The van der Waals surface area contributed by atoms with E-state index in [1.54, 1.807) is 7.11 Å². The fraction of sp³-hybridized carbons (Fsp3) is 0.533. The average Bonchev–Trinajstić information content (AvgIpc) is 2.86. The van der Waals surface area contributed by atoms with Gasteiger partial charge in [-0.1, -0.05) is 6.07 Å². The van der Waals surface area contributed by atoms with Crippen LogP contribution in [0.2, 0.25) is 0 Å². The number of aryl methyl sites for hydroxylation is 1. The molecule has 0 spiro atoms. The van der Waals surface area contributed by atoms with E-state index in [2.05, 4.69) is 15.5 Å². The Morgan fingerprint density at radius 3 is 2.86 bits per heavy atom. The smallest absolute Gasteiger partial charge is 0.238 e. The van der Waals surface area contributed by atoms with Gasteiger partial charge in [0, 0.05) is 19.1 Å². The molecule has 1 unspecified atom stereocenters. The first-order valence-corrected chi connectivity index (χ1v) is 6.96. The number of halogens is 1. The van der Waals surface area contributed by atoms with Gasteiger partial charge >= 0.3 is 0 Å². The predicted octanol–water partition coefficient (Wildman–Crippen LogP) is 1.66. The highest BCUT2D eigenvalue weighted by Crippen LogP contribution is 2.25. The first-order chi connectivity index (χ1) is 9.62. The number of anilines is 1. The molecule has 0 bridgehead atoms. The molecule has 2 rings (SSSR count). The molecule has 1 fully saturated rings. The Hall–Kier alpha value is -1.30. The highest BCUT2D eigenvalue weighted by molar-refractivity contribution is 5.93. The Balaban J connectivity index is 0.00000220. The maximum absolute atomic E-state index is 12.1. The highest BCUT2D eigenvalue weighted by atomic mass is 35.5. The number of benzene rings is 1. The summed E-state index contributed by atoms with van der Waals surface area (Å²) >= 11 is 0. The molecule has 6 heteroatoms. The van der Waals surface area contributed by atoms with Crippen LogP contribution in [-0.2, 0) is 4.79 Å². The number of rotatable bonds is 5. The van der Waals surface area contributed by atoms with Gasteiger partial charge in [-0.3, -0.25) is 9.69 Å². The van der Waals surface area contributed by atoms with Crippen molar-refractivity contribution in [1.29, 1.82) is 0 Å². The monoisotopic (exact) mass is 313 g/mol. The molecule has 0 aromatic heterocycles. The summed E-state index contributed by atoms with van der Waals surface area (Å²) in [6.07, 6.45) is 1.09. The van der Waals surface area contributed by atoms with E-state index in [1.807, 2.05) is 32.2 Å². The summed E-state index contributed by atoms with van der Waals surface area (Å²) < 4.78 is 5.27. The van der Waals surface area contributed by atoms with E-state index in [0.29, 0.717) is 18.3 Å². The minimum Gasteiger partial charge on any atom is -0.495 e. The first kappa shape index (κ1) is 17.8. The number of likely N-dealkylation sites (N-methyl/N-ethyl adjacent to an activating group) is 1. The number of hydrogen-bond acceptors (Lipinski definition) is 4. The summed E-state index contributed by atoms with van der Waals surface area (Å²) in [6, 6.07) is 6.26. The lowest BCUT2D eigenvalue weighted by Crippen LogP contribution is -2.34. The molecule has 1 aromatic rings. The topological polar surface area (TPSA) is 53.6 Å². The van der Waals surface area contributed by atoms with Crippen LogP contribution in [0.3, 0.4) is 0 Å². The predicted molar refractivity (Wildman–Crippen MR) is 87.5 cm³/mol. The molecule has 0 radical (unpaired) electrons. The number of ether oxygens (including phenoxy) is 1. The SMILES string of the molecule is CNC1CCN(CC(=O)Nc2cc(C)ccc2OC)C1.Cl. The third-order valence-corrected chi connectivity index (χ3v) is 3.68. The zero-order chi connectivity index (χ0) is 14.5. The van der Waals surface area contributed by atoms with E-state index in [-0.39, 0.29) is 18.3 Å². The third kappa shape index (κ3) is 4.88. The number of nitrogens with zero attached hydrogens (tertiary/aromatic N) is 1. The van der Waals surface area contributed by atoms with E-state index < -0.39 is 0 Å². The molecule has 1 saturated heterocycles. The van der Waals surface area contributed by atoms with Gasteiger partial charge in [0.25, 0.3) is 0 Å². The van der Waals surface area contributed by atoms with Crippen molar-refractivity contribution in [2.75, 3.05) is 39.1 Å². The lowest BCUT2D eigenvalue weighted by atomic mass is 10.2. The number of likely N-dealkylation sites (tertiary alicyclic amines) is 1. The van der Waals surface area contributed by atoms with Crippen molar-refractivity contribution in [3.05, 3.63) is 23.8 Å². The van der Waals surface area contributed by atoms with Crippen LogP contribution in [-0.4, -0.2) is 50.6 Å². The third-order valence-electron chi connectivity index (χ3n) is 3.68. The van der Waals surface area contributed by atoms with Gasteiger partial charge in [-0.25, -0.2) is 0 Å². The Kier molecular flexibility index (Phi) is 6.95. The molecule has 21 heavy (non-hydrogen) atoms. The first-order valence-electron chi connectivity index (χ1n) is 6.96. The number of carbonyl (C=O) groups is 1. The number of amides is 1. The van der Waals surface area contributed by atoms with Crippen molar-refractivity contribution in [2.24, 2.45) is 0 Å². The van der Waals surface area contributed by atoms with E-state index in [4.69, 9.17) is 4.74 Å². The van der Waals surface area contributed by atoms with Crippen LogP contribution in [0.15, 0.2) is 18.2 Å². The molecule has 5 nitrogen and oxygen atoms in total. The van der Waals surface area contributed by atoms with E-state index in [1.165, 1.54) is 0 Å². The second kappa shape index (κ2) is 8.22. The molecular formula is C15H24ClN3O2. The molecule has 2 N–H and O–H groups in total. The lowest BCUT2D eigenvalue weighted by Gasteiger charge is -2.16. The second-order valence-corrected chi connectivity index (χ2v) is 5.26. The second-order valence-electron chi connectivity index (χ2n) is 5.26. The Morgan fingerprint density at radius 1 is 1.48 bits per heavy atom. The van der Waals surface area contributed by atoms with E-state index in [0.717, 1.165) is 30.8 Å². The van der Waals surface area contributed by atoms with Gasteiger partial charge in [0.05, 0.1) is 19.3 Å². The van der Waals surface area contributed by atoms with Crippen LogP contribution >= 0.6 is 12.4 Å². The molecule has 1 heterocycles. The lowest BCUT2D eigenvalue weighted by molar-refractivity contribution is -0.117. The van der Waals surface area contributed by atoms with Crippen LogP contribution in [0.5, 0.6) is 5.75 Å². The van der Waals surface area contributed by atoms with Crippen LogP contribution in [0, 0.1) is 6.92 Å². The Labute approximate surface area is 132 Å². The number of carbonyl (C=O) groups excluding carboxylic acids is 1. The van der Waals surface area contributed by atoms with Crippen molar-refractivity contribution in [1.82, 2.24) is 10.2 Å². The Morgan fingerprint density at radius 2 is 2.24 bits per heavy atom. The van der Waals surface area contributed by atoms with Gasteiger partial charge in [-0.05, 0) is 38.1 Å². The minimum atomic E-state index is 0. The van der Waals surface area contributed by atoms with Gasteiger partial charge < -0.3 is 15.4 Å². The quantitative estimate of drug-likeness (QED) is 0.868. The summed E-state index contributed by atoms with van der Waals surface area (Å²) in [5, 5.41) is 6.19. The van der Waals surface area contributed by atoms with Crippen LogP contribution in [0.1, 0.15) is 12.0 Å². The average molecular weight is 314 g/mol. The fourth-order valence-electron chi connectivity index (χ4n) is 2.52. The minimum absolute atomic E-state index is 0. The van der Waals surface area contributed by atoms with Crippen LogP contribution in [0.25, 0.3) is 0 Å². The Bertz CT molecular complexity index is 482. The van der Waals surface area contributed by atoms with Gasteiger partial charge in [-0.15, -0.1) is 12.4 Å². The largest absolute Gasteiger partial charge is 0.495 e. The zero-order valence-corrected chi connectivity index (χ0v) is 13.6.